The average Bonchev–Trinajstić information content (AvgIpc) is 3.29. The Morgan fingerprint density at radius 3 is 2.84 bits per heavy atom. The van der Waals surface area contributed by atoms with E-state index < -0.39 is 5.91 Å². The van der Waals surface area contributed by atoms with Gasteiger partial charge in [0.15, 0.2) is 0 Å². The van der Waals surface area contributed by atoms with E-state index in [1.165, 1.54) is 0 Å². The van der Waals surface area contributed by atoms with Crippen molar-refractivity contribution in [2.75, 3.05) is 13.1 Å². The van der Waals surface area contributed by atoms with Crippen LogP contribution in [-0.2, 0) is 4.79 Å². The van der Waals surface area contributed by atoms with E-state index in [2.05, 4.69) is 4.98 Å². The number of carbonyl (C=O) groups is 2. The summed E-state index contributed by atoms with van der Waals surface area (Å²) in [5.74, 6) is 0.817. The number of amides is 2. The van der Waals surface area contributed by atoms with Crippen molar-refractivity contribution >= 4 is 22.6 Å². The van der Waals surface area contributed by atoms with Crippen LogP contribution < -0.4 is 15.2 Å². The topological polar surface area (TPSA) is 119 Å². The van der Waals surface area contributed by atoms with Crippen LogP contribution in [0.1, 0.15) is 43.5 Å². The minimum atomic E-state index is -0.552. The van der Waals surface area contributed by atoms with Crippen molar-refractivity contribution < 1.29 is 19.1 Å². The Labute approximate surface area is 180 Å². The highest BCUT2D eigenvalue weighted by Gasteiger charge is 2.45. The van der Waals surface area contributed by atoms with Gasteiger partial charge in [-0.15, -0.1) is 0 Å². The average molecular weight is 422 g/mol. The van der Waals surface area contributed by atoms with E-state index in [4.69, 9.17) is 20.5 Å². The highest BCUT2D eigenvalue weighted by atomic mass is 16.5. The third-order valence-corrected chi connectivity index (χ3v) is 6.09. The minimum absolute atomic E-state index is 0.0618. The number of nitriles is 1. The summed E-state index contributed by atoms with van der Waals surface area (Å²) in [6.45, 7) is 5.05. The van der Waals surface area contributed by atoms with E-state index in [1.54, 1.807) is 23.2 Å². The lowest BCUT2D eigenvalue weighted by Crippen LogP contribution is -2.32. The monoisotopic (exact) mass is 422 g/mol. The quantitative estimate of drug-likeness (QED) is 0.764. The Morgan fingerprint density at radius 2 is 2.13 bits per heavy atom. The summed E-state index contributed by atoms with van der Waals surface area (Å²) in [6.07, 6.45) is 3.24. The number of nitrogens with zero attached hydrogens (tertiary/aromatic N) is 3. The van der Waals surface area contributed by atoms with Crippen molar-refractivity contribution in [3.63, 3.8) is 0 Å². The lowest BCUT2D eigenvalue weighted by Gasteiger charge is -2.22. The Morgan fingerprint density at radius 1 is 1.32 bits per heavy atom. The molecule has 1 aliphatic heterocycles. The number of hydrogen-bond acceptors (Lipinski definition) is 6. The molecule has 2 aromatic rings. The van der Waals surface area contributed by atoms with Gasteiger partial charge in [0.2, 0.25) is 11.8 Å². The van der Waals surface area contributed by atoms with Crippen LogP contribution in [0.25, 0.3) is 10.8 Å². The van der Waals surface area contributed by atoms with Crippen LogP contribution in [0.3, 0.4) is 0 Å². The molecule has 1 aromatic carbocycles. The maximum atomic E-state index is 12.1. The lowest BCUT2D eigenvalue weighted by molar-refractivity contribution is -0.129. The molecule has 31 heavy (non-hydrogen) atoms. The van der Waals surface area contributed by atoms with E-state index in [1.807, 2.05) is 26.0 Å². The number of aromatic nitrogens is 1. The van der Waals surface area contributed by atoms with E-state index >= 15 is 0 Å². The van der Waals surface area contributed by atoms with E-state index in [-0.39, 0.29) is 30.5 Å². The molecule has 0 bridgehead atoms. The first-order valence-corrected chi connectivity index (χ1v) is 10.6. The first kappa shape index (κ1) is 20.9. The fourth-order valence-corrected chi connectivity index (χ4v) is 4.70. The van der Waals surface area contributed by atoms with E-state index in [0.29, 0.717) is 36.2 Å². The van der Waals surface area contributed by atoms with Gasteiger partial charge in [0.1, 0.15) is 18.3 Å². The summed E-state index contributed by atoms with van der Waals surface area (Å²) >= 11 is 0. The largest absolute Gasteiger partial charge is 0.490 e. The molecule has 2 heterocycles. The summed E-state index contributed by atoms with van der Waals surface area (Å²) in [4.78, 5) is 30.3. The predicted octanol–water partition coefficient (Wildman–Crippen LogP) is 2.65. The number of fused-ring (bicyclic) bond motifs is 2. The van der Waals surface area contributed by atoms with Crippen LogP contribution in [-0.4, -0.2) is 47.0 Å². The second-order valence-electron chi connectivity index (χ2n) is 8.51. The molecule has 1 aromatic heterocycles. The van der Waals surface area contributed by atoms with Gasteiger partial charge < -0.3 is 20.1 Å². The smallest absolute Gasteiger partial charge is 0.252 e. The minimum Gasteiger partial charge on any atom is -0.490 e. The van der Waals surface area contributed by atoms with Gasteiger partial charge >= 0.3 is 0 Å². The normalized spacial score (nSPS) is 22.4. The molecule has 2 N–H and O–H groups in total. The van der Waals surface area contributed by atoms with E-state index in [9.17, 15) is 9.59 Å². The molecule has 1 saturated heterocycles. The van der Waals surface area contributed by atoms with Crippen molar-refractivity contribution in [3.05, 3.63) is 30.0 Å². The molecule has 2 fully saturated rings. The number of nitrogens with two attached hydrogens (primary N) is 1. The number of carbonyl (C=O) groups excluding carboxylic acids is 2. The van der Waals surface area contributed by atoms with Crippen molar-refractivity contribution in [2.24, 2.45) is 17.6 Å². The number of likely N-dealkylation sites (tertiary alicyclic amines) is 1. The third kappa shape index (κ3) is 4.13. The van der Waals surface area contributed by atoms with Crippen molar-refractivity contribution in [1.29, 1.82) is 5.26 Å². The Bertz CT molecular complexity index is 1060. The number of primary amides is 1. The van der Waals surface area contributed by atoms with Gasteiger partial charge in [-0.2, -0.15) is 5.26 Å². The van der Waals surface area contributed by atoms with Crippen molar-refractivity contribution in [3.8, 4) is 17.7 Å². The van der Waals surface area contributed by atoms with Crippen LogP contribution in [0.2, 0.25) is 0 Å². The van der Waals surface area contributed by atoms with Crippen LogP contribution in [0, 0.1) is 23.2 Å². The van der Waals surface area contributed by atoms with Crippen LogP contribution in [0.5, 0.6) is 11.6 Å². The maximum absolute atomic E-state index is 12.1. The fraction of sp³-hybridized carbons (Fsp3) is 0.478. The molecule has 1 unspecified atom stereocenters. The zero-order chi connectivity index (χ0) is 22.1. The molecule has 162 valence electrons. The molecule has 3 atom stereocenters. The molecule has 2 amide bonds. The van der Waals surface area contributed by atoms with Gasteiger partial charge in [-0.3, -0.25) is 9.59 Å². The van der Waals surface area contributed by atoms with Crippen LogP contribution >= 0.6 is 0 Å². The zero-order valence-electron chi connectivity index (χ0n) is 17.7. The lowest BCUT2D eigenvalue weighted by atomic mass is 9.99. The summed E-state index contributed by atoms with van der Waals surface area (Å²) in [5, 5.41) is 10.4. The fourth-order valence-electron chi connectivity index (χ4n) is 4.70. The summed E-state index contributed by atoms with van der Waals surface area (Å²) < 4.78 is 12.2. The molecule has 8 nitrogen and oxygen atoms in total. The van der Waals surface area contributed by atoms with Gasteiger partial charge in [-0.1, -0.05) is 0 Å². The predicted molar refractivity (Wildman–Crippen MR) is 113 cm³/mol. The molecule has 2 aliphatic rings. The Balaban J connectivity index is 1.61. The van der Waals surface area contributed by atoms with E-state index in [0.717, 1.165) is 23.6 Å². The maximum Gasteiger partial charge on any atom is 0.252 e. The van der Waals surface area contributed by atoms with Crippen LogP contribution in [0.15, 0.2) is 24.4 Å². The highest BCUT2D eigenvalue weighted by molar-refractivity contribution is 6.01. The van der Waals surface area contributed by atoms with Crippen molar-refractivity contribution in [2.45, 2.75) is 45.3 Å². The van der Waals surface area contributed by atoms with Gasteiger partial charge in [0, 0.05) is 30.6 Å². The molecule has 1 saturated carbocycles. The second-order valence-corrected chi connectivity index (χ2v) is 8.51. The van der Waals surface area contributed by atoms with Gasteiger partial charge in [0.05, 0.1) is 17.7 Å². The highest BCUT2D eigenvalue weighted by Crippen LogP contribution is 2.41. The summed E-state index contributed by atoms with van der Waals surface area (Å²) in [6, 6.07) is 7.22. The van der Waals surface area contributed by atoms with Gasteiger partial charge in [-0.25, -0.2) is 4.98 Å². The summed E-state index contributed by atoms with van der Waals surface area (Å²) in [5.41, 5.74) is 5.87. The zero-order valence-corrected chi connectivity index (χ0v) is 17.7. The van der Waals surface area contributed by atoms with Crippen molar-refractivity contribution in [1.82, 2.24) is 9.88 Å². The first-order chi connectivity index (χ1) is 14.9. The molecule has 4 rings (SSSR count). The number of hydrogen-bond donors (Lipinski definition) is 1. The molecule has 0 spiro atoms. The van der Waals surface area contributed by atoms with Gasteiger partial charge in [-0.05, 0) is 56.2 Å². The standard InChI is InChI=1S/C23H26N4O4/c1-13(2)30-20-10-16-14(9-17(20)22(25)29)6-8-26-23(16)31-19-4-3-15-11-27(12-18(15)19)21(28)5-7-24/h6,8-10,13,15,18-19H,3-5,11-12H2,1-2H3,(H2,25,29)/t15-,18+,19?/m1/s1. The van der Waals surface area contributed by atoms with Gasteiger partial charge in [0.25, 0.3) is 5.91 Å². The SMILES string of the molecule is CC(C)Oc1cc2c(OC3CC[C@@H]4CN(C(=O)CC#N)C[C@H]34)nccc2cc1C(N)=O. The molecule has 0 radical (unpaired) electrons. The number of benzene rings is 1. The summed E-state index contributed by atoms with van der Waals surface area (Å²) in [7, 11) is 0. The Kier molecular flexibility index (Phi) is 5.68. The molecular formula is C23H26N4O4. The number of rotatable bonds is 6. The van der Waals surface area contributed by atoms with Crippen LogP contribution in [0.4, 0.5) is 0 Å². The molecule has 1 aliphatic carbocycles. The second kappa shape index (κ2) is 8.42. The third-order valence-electron chi connectivity index (χ3n) is 6.09. The Hall–Kier alpha value is -3.34. The first-order valence-electron chi connectivity index (χ1n) is 10.6. The number of ether oxygens (including phenoxy) is 2. The number of pyridine rings is 1. The molecular weight excluding hydrogens is 396 g/mol. The molecule has 8 heteroatoms.